The maximum atomic E-state index is 12.1. The molecule has 0 atom stereocenters. The van der Waals surface area contributed by atoms with Gasteiger partial charge in [-0.15, -0.1) is 10.2 Å². The highest BCUT2D eigenvalue weighted by molar-refractivity contribution is 9.10. The number of hydrogen-bond donors (Lipinski definition) is 2. The van der Waals surface area contributed by atoms with Gasteiger partial charge >= 0.3 is 0 Å². The topological polar surface area (TPSA) is 118 Å². The minimum Gasteiger partial charge on any atom is -0.368 e. The Hall–Kier alpha value is -2.29. The summed E-state index contributed by atoms with van der Waals surface area (Å²) in [5, 5.41) is 12.7. The van der Waals surface area contributed by atoms with Crippen molar-refractivity contribution < 1.29 is 9.59 Å². The molecule has 1 aromatic carbocycles. The highest BCUT2D eigenvalue weighted by atomic mass is 79.9. The summed E-state index contributed by atoms with van der Waals surface area (Å²) < 4.78 is 0.923. The van der Waals surface area contributed by atoms with Crippen LogP contribution in [-0.4, -0.2) is 43.9 Å². The summed E-state index contributed by atoms with van der Waals surface area (Å²) in [6.07, 6.45) is 0. The Labute approximate surface area is 122 Å². The first-order chi connectivity index (χ1) is 9.56. The van der Waals surface area contributed by atoms with Crippen LogP contribution in [0.4, 0.5) is 0 Å². The average molecular weight is 339 g/mol. The number of benzene rings is 1. The third kappa shape index (κ3) is 3.60. The Bertz CT molecular complexity index is 598. The van der Waals surface area contributed by atoms with Crippen molar-refractivity contribution in [3.05, 3.63) is 40.1 Å². The predicted octanol–water partition coefficient (Wildman–Crippen LogP) is 0.0899. The molecule has 3 N–H and O–H groups in total. The lowest BCUT2D eigenvalue weighted by molar-refractivity contribution is -0.118. The van der Waals surface area contributed by atoms with Crippen molar-refractivity contribution in [3.8, 4) is 0 Å². The molecule has 1 heterocycles. The summed E-state index contributed by atoms with van der Waals surface area (Å²) >= 11 is 3.33. The van der Waals surface area contributed by atoms with Gasteiger partial charge in [-0.1, -0.05) is 28.1 Å². The maximum Gasteiger partial charge on any atom is 0.296 e. The summed E-state index contributed by atoms with van der Waals surface area (Å²) in [7, 11) is 0. The molecule has 0 bridgehead atoms. The maximum absolute atomic E-state index is 12.1. The Balaban J connectivity index is 2.17. The number of amides is 2. The van der Waals surface area contributed by atoms with Crippen LogP contribution in [0.5, 0.6) is 0 Å². The van der Waals surface area contributed by atoms with Crippen molar-refractivity contribution in [2.75, 3.05) is 6.54 Å². The first kappa shape index (κ1) is 14.1. The fourth-order valence-electron chi connectivity index (χ4n) is 1.59. The fourth-order valence-corrected chi connectivity index (χ4v) is 1.86. The molecular weight excluding hydrogens is 328 g/mol. The Kier molecular flexibility index (Phi) is 4.41. The molecule has 0 saturated carbocycles. The van der Waals surface area contributed by atoms with E-state index < -0.39 is 11.8 Å². The van der Waals surface area contributed by atoms with Crippen LogP contribution in [0, 0.1) is 0 Å². The number of halogens is 1. The van der Waals surface area contributed by atoms with E-state index in [1.165, 1.54) is 4.90 Å². The van der Waals surface area contributed by atoms with Gasteiger partial charge in [-0.3, -0.25) is 9.59 Å². The average Bonchev–Trinajstić information content (AvgIpc) is 2.93. The van der Waals surface area contributed by atoms with Crippen LogP contribution in [0.1, 0.15) is 16.2 Å². The minimum absolute atomic E-state index is 0.108. The molecule has 2 rings (SSSR count). The standard InChI is InChI=1S/C11H11BrN6O2/c12-8-3-1-7(2-4-8)5-18(6-9(13)19)11(20)10-14-16-17-15-10/h1-4H,5-6H2,(H2,13,19)(H,14,15,16,17). The molecule has 9 heteroatoms. The number of tetrazole rings is 1. The van der Waals surface area contributed by atoms with E-state index in [2.05, 4.69) is 36.6 Å². The molecule has 0 radical (unpaired) electrons. The second kappa shape index (κ2) is 6.24. The molecule has 0 spiro atoms. The molecule has 0 unspecified atom stereocenters. The quantitative estimate of drug-likeness (QED) is 0.800. The van der Waals surface area contributed by atoms with Gasteiger partial charge in [0, 0.05) is 11.0 Å². The number of aromatic amines is 1. The molecule has 0 fully saturated rings. The lowest BCUT2D eigenvalue weighted by Crippen LogP contribution is -2.38. The number of hydrogen-bond acceptors (Lipinski definition) is 5. The monoisotopic (exact) mass is 338 g/mol. The molecule has 0 aliphatic carbocycles. The van der Waals surface area contributed by atoms with Gasteiger partial charge in [0.05, 0.1) is 0 Å². The second-order valence-electron chi connectivity index (χ2n) is 3.99. The Morgan fingerprint density at radius 3 is 2.55 bits per heavy atom. The van der Waals surface area contributed by atoms with Crippen molar-refractivity contribution >= 4 is 27.7 Å². The third-order valence-electron chi connectivity index (χ3n) is 2.46. The first-order valence-corrected chi connectivity index (χ1v) is 6.41. The normalized spacial score (nSPS) is 10.2. The fraction of sp³-hybridized carbons (Fsp3) is 0.182. The summed E-state index contributed by atoms with van der Waals surface area (Å²) in [5.41, 5.74) is 6.01. The van der Waals surface area contributed by atoms with Crippen LogP contribution in [0.2, 0.25) is 0 Å². The van der Waals surface area contributed by atoms with E-state index in [0.717, 1.165) is 10.0 Å². The smallest absolute Gasteiger partial charge is 0.296 e. The van der Waals surface area contributed by atoms with Crippen LogP contribution >= 0.6 is 15.9 Å². The van der Waals surface area contributed by atoms with Crippen LogP contribution in [-0.2, 0) is 11.3 Å². The Morgan fingerprint density at radius 2 is 2.00 bits per heavy atom. The zero-order valence-corrected chi connectivity index (χ0v) is 11.9. The zero-order valence-electron chi connectivity index (χ0n) is 10.3. The number of rotatable bonds is 5. The van der Waals surface area contributed by atoms with Crippen LogP contribution < -0.4 is 5.73 Å². The predicted molar refractivity (Wildman–Crippen MR) is 72.3 cm³/mol. The van der Waals surface area contributed by atoms with Gasteiger partial charge in [0.1, 0.15) is 6.54 Å². The van der Waals surface area contributed by atoms with Gasteiger partial charge < -0.3 is 10.6 Å². The molecule has 104 valence electrons. The van der Waals surface area contributed by atoms with E-state index in [-0.39, 0.29) is 18.9 Å². The van der Waals surface area contributed by atoms with Gasteiger partial charge in [-0.05, 0) is 22.9 Å². The number of primary amides is 1. The molecule has 20 heavy (non-hydrogen) atoms. The number of carbonyl (C=O) groups excluding carboxylic acids is 2. The van der Waals surface area contributed by atoms with Crippen molar-refractivity contribution in [1.82, 2.24) is 25.5 Å². The lowest BCUT2D eigenvalue weighted by Gasteiger charge is -2.19. The SMILES string of the molecule is NC(=O)CN(Cc1ccc(Br)cc1)C(=O)c1nn[nH]n1. The second-order valence-corrected chi connectivity index (χ2v) is 4.91. The van der Waals surface area contributed by atoms with Crippen molar-refractivity contribution in [2.45, 2.75) is 6.54 Å². The van der Waals surface area contributed by atoms with E-state index in [1.54, 1.807) is 0 Å². The largest absolute Gasteiger partial charge is 0.368 e. The number of aromatic nitrogens is 4. The van der Waals surface area contributed by atoms with E-state index >= 15 is 0 Å². The summed E-state index contributed by atoms with van der Waals surface area (Å²) in [6.45, 7) is 0.00697. The third-order valence-corrected chi connectivity index (χ3v) is 2.99. The van der Waals surface area contributed by atoms with Crippen molar-refractivity contribution in [3.63, 3.8) is 0 Å². The molecule has 2 aromatic rings. The summed E-state index contributed by atoms with van der Waals surface area (Å²) in [6, 6.07) is 7.36. The lowest BCUT2D eigenvalue weighted by atomic mass is 10.2. The Morgan fingerprint density at radius 1 is 1.30 bits per heavy atom. The summed E-state index contributed by atoms with van der Waals surface area (Å²) in [4.78, 5) is 24.5. The van der Waals surface area contributed by atoms with Gasteiger partial charge in [-0.2, -0.15) is 5.21 Å². The van der Waals surface area contributed by atoms with Crippen LogP contribution in [0.3, 0.4) is 0 Å². The van der Waals surface area contributed by atoms with Crippen molar-refractivity contribution in [1.29, 1.82) is 0 Å². The summed E-state index contributed by atoms with van der Waals surface area (Å²) in [5.74, 6) is -1.23. The van der Waals surface area contributed by atoms with Gasteiger partial charge in [0.2, 0.25) is 5.91 Å². The zero-order chi connectivity index (χ0) is 14.5. The molecule has 0 saturated heterocycles. The molecule has 1 aromatic heterocycles. The van der Waals surface area contributed by atoms with Gasteiger partial charge in [-0.25, -0.2) is 0 Å². The van der Waals surface area contributed by atoms with Crippen LogP contribution in [0.15, 0.2) is 28.7 Å². The van der Waals surface area contributed by atoms with Crippen LogP contribution in [0.25, 0.3) is 0 Å². The number of H-pyrrole nitrogens is 1. The number of nitrogens with two attached hydrogens (primary N) is 1. The van der Waals surface area contributed by atoms with E-state index in [1.807, 2.05) is 24.3 Å². The molecular formula is C11H11BrN6O2. The highest BCUT2D eigenvalue weighted by Crippen LogP contribution is 2.13. The van der Waals surface area contributed by atoms with Gasteiger partial charge in [0.15, 0.2) is 0 Å². The number of nitrogens with zero attached hydrogens (tertiary/aromatic N) is 4. The van der Waals surface area contributed by atoms with E-state index in [4.69, 9.17) is 5.73 Å². The van der Waals surface area contributed by atoms with Gasteiger partial charge in [0.25, 0.3) is 11.7 Å². The number of carbonyl (C=O) groups is 2. The van der Waals surface area contributed by atoms with E-state index in [0.29, 0.717) is 0 Å². The van der Waals surface area contributed by atoms with E-state index in [9.17, 15) is 9.59 Å². The molecule has 0 aliphatic heterocycles. The van der Waals surface area contributed by atoms with Crippen molar-refractivity contribution in [2.24, 2.45) is 5.73 Å². The number of nitrogens with one attached hydrogen (secondary N) is 1. The molecule has 0 aliphatic rings. The minimum atomic E-state index is -0.612. The highest BCUT2D eigenvalue weighted by Gasteiger charge is 2.21. The molecule has 8 nitrogen and oxygen atoms in total. The first-order valence-electron chi connectivity index (χ1n) is 5.61. The molecule has 2 amide bonds.